The molecule has 0 aliphatic carbocycles. The van der Waals surface area contributed by atoms with Crippen LogP contribution in [-0.4, -0.2) is 30.3 Å². The second kappa shape index (κ2) is 7.75. The Hall–Kier alpha value is -1.75. The van der Waals surface area contributed by atoms with E-state index in [0.717, 1.165) is 0 Å². The average Bonchev–Trinajstić information content (AvgIpc) is 2.40. The van der Waals surface area contributed by atoms with E-state index in [0.29, 0.717) is 5.56 Å². The largest absolute Gasteiger partial charge is 0.506 e. The van der Waals surface area contributed by atoms with Crippen molar-refractivity contribution in [1.82, 2.24) is 0 Å². The van der Waals surface area contributed by atoms with Gasteiger partial charge in [0.25, 0.3) is 0 Å². The summed E-state index contributed by atoms with van der Waals surface area (Å²) < 4.78 is 9.75. The number of phenolic OH excluding ortho intramolecular Hbond substituents is 1. The van der Waals surface area contributed by atoms with Gasteiger partial charge in [-0.25, -0.2) is 0 Å². The minimum atomic E-state index is -1.03. The fraction of sp³-hybridized carbons (Fsp3) is 0.429. The Labute approximate surface area is 122 Å². The number of carbonyl (C=O) groups excluding carboxylic acids is 2. The maximum absolute atomic E-state index is 11.8. The van der Waals surface area contributed by atoms with Crippen LogP contribution in [0.5, 0.6) is 5.75 Å². The number of hydrogen-bond donors (Lipinski definition) is 1. The van der Waals surface area contributed by atoms with E-state index >= 15 is 0 Å². The fourth-order valence-corrected chi connectivity index (χ4v) is 1.86. The van der Waals surface area contributed by atoms with E-state index in [1.54, 1.807) is 19.9 Å². The summed E-state index contributed by atoms with van der Waals surface area (Å²) in [5.41, 5.74) is 0.638. The zero-order valence-electron chi connectivity index (χ0n) is 11.4. The highest BCUT2D eigenvalue weighted by atomic mass is 35.5. The van der Waals surface area contributed by atoms with Gasteiger partial charge in [-0.3, -0.25) is 9.59 Å². The Morgan fingerprint density at radius 2 is 1.75 bits per heavy atom. The highest BCUT2D eigenvalue weighted by Gasteiger charge is 2.29. The van der Waals surface area contributed by atoms with Gasteiger partial charge in [0.1, 0.15) is 5.75 Å². The second-order valence-corrected chi connectivity index (χ2v) is 4.45. The molecule has 0 heterocycles. The van der Waals surface area contributed by atoms with E-state index < -0.39 is 17.9 Å². The predicted molar refractivity (Wildman–Crippen MR) is 73.6 cm³/mol. The number of hydrogen-bond acceptors (Lipinski definition) is 5. The zero-order valence-corrected chi connectivity index (χ0v) is 12.1. The molecule has 1 aromatic carbocycles. The molecule has 0 bridgehead atoms. The molecule has 0 amide bonds. The van der Waals surface area contributed by atoms with Gasteiger partial charge < -0.3 is 14.6 Å². The molecule has 1 aromatic rings. The molecule has 0 fully saturated rings. The van der Waals surface area contributed by atoms with Gasteiger partial charge in [0.05, 0.1) is 18.2 Å². The lowest BCUT2D eigenvalue weighted by Gasteiger charge is -2.14. The summed E-state index contributed by atoms with van der Waals surface area (Å²) in [6, 6.07) is 4.50. The molecule has 0 saturated carbocycles. The van der Waals surface area contributed by atoms with Crippen molar-refractivity contribution in [2.24, 2.45) is 5.92 Å². The molecule has 1 rings (SSSR count). The summed E-state index contributed by atoms with van der Waals surface area (Å²) in [5, 5.41) is 9.51. The summed E-state index contributed by atoms with van der Waals surface area (Å²) in [6.45, 7) is 3.70. The lowest BCUT2D eigenvalue weighted by molar-refractivity contribution is -0.161. The van der Waals surface area contributed by atoms with Crippen LogP contribution in [0.4, 0.5) is 0 Å². The highest BCUT2D eigenvalue weighted by molar-refractivity contribution is 6.32. The normalized spacial score (nSPS) is 10.4. The number of phenols is 1. The molecule has 0 aliphatic heterocycles. The molecular formula is C14H17ClO5. The van der Waals surface area contributed by atoms with Gasteiger partial charge in [0, 0.05) is 0 Å². The van der Waals surface area contributed by atoms with Crippen molar-refractivity contribution in [1.29, 1.82) is 0 Å². The second-order valence-electron chi connectivity index (χ2n) is 4.05. The van der Waals surface area contributed by atoms with Crippen LogP contribution in [0.3, 0.4) is 0 Å². The van der Waals surface area contributed by atoms with Gasteiger partial charge >= 0.3 is 11.9 Å². The van der Waals surface area contributed by atoms with Gasteiger partial charge in [-0.2, -0.15) is 0 Å². The molecule has 110 valence electrons. The summed E-state index contributed by atoms with van der Waals surface area (Å²) in [4.78, 5) is 23.6. The average molecular weight is 301 g/mol. The number of ether oxygens (including phenoxy) is 2. The standard InChI is InChI=1S/C14H17ClO5/c1-3-19-13(17)10(14(18)20-4-2)7-9-5-6-12(16)11(15)8-9/h5-6,8,10,16H,3-4,7H2,1-2H3. The minimum Gasteiger partial charge on any atom is -0.506 e. The monoisotopic (exact) mass is 300 g/mol. The predicted octanol–water partition coefficient (Wildman–Crippen LogP) is 2.33. The van der Waals surface area contributed by atoms with Crippen LogP contribution in [-0.2, 0) is 25.5 Å². The van der Waals surface area contributed by atoms with E-state index in [2.05, 4.69) is 0 Å². The third kappa shape index (κ3) is 4.42. The highest BCUT2D eigenvalue weighted by Crippen LogP contribution is 2.25. The van der Waals surface area contributed by atoms with Crippen molar-refractivity contribution < 1.29 is 24.2 Å². The van der Waals surface area contributed by atoms with Crippen molar-refractivity contribution in [2.75, 3.05) is 13.2 Å². The first-order chi connectivity index (χ1) is 9.49. The Balaban J connectivity index is 2.90. The fourth-order valence-electron chi connectivity index (χ4n) is 1.66. The summed E-state index contributed by atoms with van der Waals surface area (Å²) in [7, 11) is 0. The molecule has 20 heavy (non-hydrogen) atoms. The van der Waals surface area contributed by atoms with Crippen LogP contribution in [0, 0.1) is 5.92 Å². The molecule has 0 aromatic heterocycles. The minimum absolute atomic E-state index is 0.0563. The molecule has 0 aliphatic rings. The van der Waals surface area contributed by atoms with Crippen LogP contribution < -0.4 is 0 Å². The number of rotatable bonds is 6. The number of carbonyl (C=O) groups is 2. The Kier molecular flexibility index (Phi) is 6.31. The van der Waals surface area contributed by atoms with Crippen LogP contribution in [0.1, 0.15) is 19.4 Å². The summed E-state index contributed by atoms with van der Waals surface area (Å²) in [6.07, 6.45) is 0.109. The molecule has 6 heteroatoms. The van der Waals surface area contributed by atoms with Gasteiger partial charge in [-0.15, -0.1) is 0 Å². The molecule has 0 radical (unpaired) electrons. The smallest absolute Gasteiger partial charge is 0.320 e. The SMILES string of the molecule is CCOC(=O)C(Cc1ccc(O)c(Cl)c1)C(=O)OCC. The number of benzene rings is 1. The quantitative estimate of drug-likeness (QED) is 0.645. The molecule has 0 spiro atoms. The Bertz CT molecular complexity index is 468. The number of esters is 2. The van der Waals surface area contributed by atoms with E-state index in [-0.39, 0.29) is 30.4 Å². The first-order valence-electron chi connectivity index (χ1n) is 6.30. The van der Waals surface area contributed by atoms with Crippen molar-refractivity contribution in [2.45, 2.75) is 20.3 Å². The molecule has 5 nitrogen and oxygen atoms in total. The number of halogens is 1. The Morgan fingerprint density at radius 1 is 1.20 bits per heavy atom. The lowest BCUT2D eigenvalue weighted by atomic mass is 9.99. The van der Waals surface area contributed by atoms with Gasteiger partial charge in [-0.05, 0) is 38.0 Å². The van der Waals surface area contributed by atoms with Crippen LogP contribution in [0.25, 0.3) is 0 Å². The molecular weight excluding hydrogens is 284 g/mol. The summed E-state index contributed by atoms with van der Waals surface area (Å²) >= 11 is 5.80. The van der Waals surface area contributed by atoms with E-state index in [4.69, 9.17) is 21.1 Å². The van der Waals surface area contributed by atoms with Gasteiger partial charge in [-0.1, -0.05) is 17.7 Å². The van der Waals surface area contributed by atoms with Crippen molar-refractivity contribution in [3.8, 4) is 5.75 Å². The summed E-state index contributed by atoms with van der Waals surface area (Å²) in [5.74, 6) is -2.35. The maximum atomic E-state index is 11.8. The molecule has 1 N–H and O–H groups in total. The Morgan fingerprint density at radius 3 is 2.20 bits per heavy atom. The van der Waals surface area contributed by atoms with Crippen LogP contribution >= 0.6 is 11.6 Å². The van der Waals surface area contributed by atoms with Crippen molar-refractivity contribution in [3.05, 3.63) is 28.8 Å². The molecule has 0 saturated heterocycles. The van der Waals surface area contributed by atoms with E-state index in [9.17, 15) is 14.7 Å². The van der Waals surface area contributed by atoms with Crippen LogP contribution in [0.2, 0.25) is 5.02 Å². The third-order valence-corrected chi connectivity index (χ3v) is 2.90. The van der Waals surface area contributed by atoms with Crippen molar-refractivity contribution in [3.63, 3.8) is 0 Å². The first kappa shape index (κ1) is 16.3. The lowest BCUT2D eigenvalue weighted by Crippen LogP contribution is -2.30. The van der Waals surface area contributed by atoms with Crippen LogP contribution in [0.15, 0.2) is 18.2 Å². The number of aromatic hydroxyl groups is 1. The maximum Gasteiger partial charge on any atom is 0.320 e. The van der Waals surface area contributed by atoms with E-state index in [1.807, 2.05) is 0 Å². The van der Waals surface area contributed by atoms with Crippen molar-refractivity contribution >= 4 is 23.5 Å². The molecule has 0 unspecified atom stereocenters. The third-order valence-electron chi connectivity index (χ3n) is 2.59. The first-order valence-corrected chi connectivity index (χ1v) is 6.68. The van der Waals surface area contributed by atoms with Gasteiger partial charge in [0.2, 0.25) is 0 Å². The molecule has 0 atom stereocenters. The van der Waals surface area contributed by atoms with E-state index in [1.165, 1.54) is 12.1 Å². The zero-order chi connectivity index (χ0) is 15.1. The van der Waals surface area contributed by atoms with Gasteiger partial charge in [0.15, 0.2) is 5.92 Å². The topological polar surface area (TPSA) is 72.8 Å².